The van der Waals surface area contributed by atoms with Gasteiger partial charge < -0.3 is 9.47 Å². The molecule has 30 heavy (non-hydrogen) atoms. The van der Waals surface area contributed by atoms with Crippen LogP contribution >= 0.6 is 0 Å². The van der Waals surface area contributed by atoms with Gasteiger partial charge in [-0.15, -0.1) is 5.73 Å². The fourth-order valence-corrected chi connectivity index (χ4v) is 4.46. The molecule has 162 valence electrons. The molecular formula is C22H27NO6S. The smallest absolute Gasteiger partial charge is 0.320 e. The Morgan fingerprint density at radius 3 is 2.17 bits per heavy atom. The van der Waals surface area contributed by atoms with E-state index in [0.717, 1.165) is 11.1 Å². The first-order chi connectivity index (χ1) is 14.1. The monoisotopic (exact) mass is 433 g/mol. The van der Waals surface area contributed by atoms with E-state index in [2.05, 4.69) is 5.73 Å². The first-order valence-corrected chi connectivity index (χ1v) is 10.9. The van der Waals surface area contributed by atoms with Crippen molar-refractivity contribution in [1.82, 2.24) is 4.31 Å². The third-order valence-corrected chi connectivity index (χ3v) is 6.54. The molecule has 1 aliphatic rings. The van der Waals surface area contributed by atoms with Crippen molar-refractivity contribution < 1.29 is 27.5 Å². The average Bonchev–Trinajstić information content (AvgIpc) is 2.71. The SMILES string of the molecule is COC(=O)C(CC1=CCN(S(=O)(=O)c2ccc(C)cc2)CC1=C=C(C)C)C(=O)OC. The summed E-state index contributed by atoms with van der Waals surface area (Å²) in [6.07, 6.45) is 1.76. The van der Waals surface area contributed by atoms with Gasteiger partial charge in [-0.2, -0.15) is 4.31 Å². The summed E-state index contributed by atoms with van der Waals surface area (Å²) in [7, 11) is -1.30. The lowest BCUT2D eigenvalue weighted by molar-refractivity contribution is -0.158. The lowest BCUT2D eigenvalue weighted by Crippen LogP contribution is -2.37. The standard InChI is InChI=1S/C22H27NO6S/c1-15(2)12-18-14-23(30(26,27)19-8-6-16(3)7-9-19)11-10-17(18)13-20(21(24)28-4)22(25)29-5/h6-10,20H,11,13-14H2,1-5H3. The Labute approximate surface area is 177 Å². The molecule has 0 bridgehead atoms. The minimum atomic E-state index is -3.71. The van der Waals surface area contributed by atoms with E-state index in [1.165, 1.54) is 18.5 Å². The third kappa shape index (κ3) is 5.48. The van der Waals surface area contributed by atoms with Crippen molar-refractivity contribution >= 4 is 22.0 Å². The second-order valence-corrected chi connectivity index (χ2v) is 9.18. The van der Waals surface area contributed by atoms with Crippen LogP contribution in [0.2, 0.25) is 0 Å². The lowest BCUT2D eigenvalue weighted by Gasteiger charge is -2.28. The largest absolute Gasteiger partial charge is 0.468 e. The Kier molecular flexibility index (Phi) is 7.78. The minimum absolute atomic E-state index is 0.0490. The molecule has 1 aromatic rings. The molecule has 0 saturated heterocycles. The zero-order valence-corrected chi connectivity index (χ0v) is 18.7. The third-order valence-electron chi connectivity index (χ3n) is 4.72. The number of rotatable bonds is 6. The van der Waals surface area contributed by atoms with E-state index >= 15 is 0 Å². The van der Waals surface area contributed by atoms with E-state index < -0.39 is 27.9 Å². The molecule has 8 heteroatoms. The predicted molar refractivity (Wildman–Crippen MR) is 112 cm³/mol. The zero-order valence-electron chi connectivity index (χ0n) is 17.9. The molecular weight excluding hydrogens is 406 g/mol. The van der Waals surface area contributed by atoms with Gasteiger partial charge in [0.05, 0.1) is 19.1 Å². The zero-order chi connectivity index (χ0) is 22.5. The molecule has 7 nitrogen and oxygen atoms in total. The van der Waals surface area contributed by atoms with Crippen LogP contribution < -0.4 is 0 Å². The number of benzene rings is 1. The quantitative estimate of drug-likeness (QED) is 0.389. The van der Waals surface area contributed by atoms with Crippen LogP contribution in [0.15, 0.2) is 57.7 Å². The highest BCUT2D eigenvalue weighted by atomic mass is 32.2. The van der Waals surface area contributed by atoms with Crippen LogP contribution in [0, 0.1) is 12.8 Å². The van der Waals surface area contributed by atoms with Crippen molar-refractivity contribution in [3.63, 3.8) is 0 Å². The maximum atomic E-state index is 13.1. The van der Waals surface area contributed by atoms with Crippen LogP contribution in [-0.4, -0.2) is 52.0 Å². The molecule has 0 aliphatic carbocycles. The van der Waals surface area contributed by atoms with Crippen molar-refractivity contribution in [2.75, 3.05) is 27.3 Å². The van der Waals surface area contributed by atoms with Crippen LogP contribution in [0.5, 0.6) is 0 Å². The number of nitrogens with zero attached hydrogens (tertiary/aromatic N) is 1. The van der Waals surface area contributed by atoms with E-state index in [0.29, 0.717) is 11.1 Å². The van der Waals surface area contributed by atoms with Gasteiger partial charge in [0.15, 0.2) is 5.92 Å². The molecule has 2 rings (SSSR count). The molecule has 0 aromatic heterocycles. The topological polar surface area (TPSA) is 90.0 Å². The number of esters is 2. The fraction of sp³-hybridized carbons (Fsp3) is 0.409. The van der Waals surface area contributed by atoms with Gasteiger partial charge in [-0.05, 0) is 50.5 Å². The number of hydrogen-bond donors (Lipinski definition) is 0. The van der Waals surface area contributed by atoms with Gasteiger partial charge in [0.2, 0.25) is 10.0 Å². The summed E-state index contributed by atoms with van der Waals surface area (Å²) in [5.74, 6) is -2.52. The fourth-order valence-electron chi connectivity index (χ4n) is 3.12. The Morgan fingerprint density at radius 1 is 1.10 bits per heavy atom. The molecule has 0 spiro atoms. The Balaban J connectivity index is 2.41. The minimum Gasteiger partial charge on any atom is -0.468 e. The van der Waals surface area contributed by atoms with Gasteiger partial charge in [-0.1, -0.05) is 23.8 Å². The predicted octanol–water partition coefficient (Wildman–Crippen LogP) is 2.77. The number of ether oxygens (including phenoxy) is 2. The molecule has 0 saturated carbocycles. The number of carbonyl (C=O) groups is 2. The molecule has 0 radical (unpaired) electrons. The van der Waals surface area contributed by atoms with Gasteiger partial charge in [0, 0.05) is 18.7 Å². The Bertz CT molecular complexity index is 994. The highest BCUT2D eigenvalue weighted by molar-refractivity contribution is 7.89. The first kappa shape index (κ1) is 23.6. The van der Waals surface area contributed by atoms with Crippen LogP contribution in [0.1, 0.15) is 25.8 Å². The van der Waals surface area contributed by atoms with Gasteiger partial charge in [-0.3, -0.25) is 9.59 Å². The summed E-state index contributed by atoms with van der Waals surface area (Å²) in [5.41, 5.74) is 6.26. The molecule has 0 unspecified atom stereocenters. The molecule has 1 aromatic carbocycles. The molecule has 0 fully saturated rings. The number of aryl methyl sites for hydroxylation is 1. The van der Waals surface area contributed by atoms with Crippen molar-refractivity contribution in [3.05, 3.63) is 58.4 Å². The molecule has 0 N–H and O–H groups in total. The van der Waals surface area contributed by atoms with E-state index in [1.54, 1.807) is 30.3 Å². The summed E-state index contributed by atoms with van der Waals surface area (Å²) in [4.78, 5) is 24.3. The van der Waals surface area contributed by atoms with Crippen LogP contribution in [0.4, 0.5) is 0 Å². The average molecular weight is 434 g/mol. The second-order valence-electron chi connectivity index (χ2n) is 7.25. The highest BCUT2D eigenvalue weighted by Crippen LogP contribution is 2.28. The summed E-state index contributed by atoms with van der Waals surface area (Å²) in [6, 6.07) is 6.67. The maximum absolute atomic E-state index is 13.1. The summed E-state index contributed by atoms with van der Waals surface area (Å²) in [5, 5.41) is 0. The number of hydrogen-bond acceptors (Lipinski definition) is 6. The summed E-state index contributed by atoms with van der Waals surface area (Å²) < 4.78 is 36.9. The highest BCUT2D eigenvalue weighted by Gasteiger charge is 2.34. The Morgan fingerprint density at radius 2 is 1.67 bits per heavy atom. The number of methoxy groups -OCH3 is 2. The van der Waals surface area contributed by atoms with Gasteiger partial charge in [-0.25, -0.2) is 8.42 Å². The molecule has 0 amide bonds. The van der Waals surface area contributed by atoms with Crippen LogP contribution in [0.3, 0.4) is 0 Å². The second kappa shape index (κ2) is 9.89. The Hall–Kier alpha value is -2.67. The first-order valence-electron chi connectivity index (χ1n) is 9.45. The maximum Gasteiger partial charge on any atom is 0.320 e. The number of carbonyl (C=O) groups excluding carboxylic acids is 2. The molecule has 1 heterocycles. The van der Waals surface area contributed by atoms with Gasteiger partial charge >= 0.3 is 11.9 Å². The number of sulfonamides is 1. The van der Waals surface area contributed by atoms with E-state index in [4.69, 9.17) is 9.47 Å². The molecule has 0 atom stereocenters. The van der Waals surface area contributed by atoms with E-state index in [-0.39, 0.29) is 24.4 Å². The van der Waals surface area contributed by atoms with E-state index in [9.17, 15) is 18.0 Å². The van der Waals surface area contributed by atoms with Gasteiger partial charge in [0.1, 0.15) is 0 Å². The van der Waals surface area contributed by atoms with Crippen molar-refractivity contribution in [3.8, 4) is 0 Å². The van der Waals surface area contributed by atoms with Crippen molar-refractivity contribution in [2.45, 2.75) is 32.1 Å². The van der Waals surface area contributed by atoms with Gasteiger partial charge in [0.25, 0.3) is 0 Å². The molecule has 1 aliphatic heterocycles. The van der Waals surface area contributed by atoms with Crippen molar-refractivity contribution in [2.24, 2.45) is 5.92 Å². The summed E-state index contributed by atoms with van der Waals surface area (Å²) in [6.45, 7) is 5.78. The van der Waals surface area contributed by atoms with Crippen LogP contribution in [0.25, 0.3) is 0 Å². The van der Waals surface area contributed by atoms with Crippen molar-refractivity contribution in [1.29, 1.82) is 0 Å². The van der Waals surface area contributed by atoms with Crippen LogP contribution in [-0.2, 0) is 29.1 Å². The summed E-state index contributed by atoms with van der Waals surface area (Å²) >= 11 is 0. The lowest BCUT2D eigenvalue weighted by atomic mass is 9.92. The normalized spacial score (nSPS) is 14.7. The van der Waals surface area contributed by atoms with E-state index in [1.807, 2.05) is 20.8 Å².